The first kappa shape index (κ1) is 18.2. The molecule has 1 aliphatic heterocycles. The molecule has 128 valence electrons. The van der Waals surface area contributed by atoms with Gasteiger partial charge in [-0.25, -0.2) is 0 Å². The van der Waals surface area contributed by atoms with Crippen molar-refractivity contribution in [1.29, 1.82) is 0 Å². The lowest BCUT2D eigenvalue weighted by atomic mass is 9.73. The summed E-state index contributed by atoms with van der Waals surface area (Å²) >= 11 is 0. The van der Waals surface area contributed by atoms with Crippen LogP contribution in [0.25, 0.3) is 0 Å². The van der Waals surface area contributed by atoms with Gasteiger partial charge in [0.05, 0.1) is 12.1 Å². The van der Waals surface area contributed by atoms with E-state index in [0.29, 0.717) is 6.54 Å². The third-order valence-corrected chi connectivity index (χ3v) is 5.34. The van der Waals surface area contributed by atoms with Gasteiger partial charge >= 0.3 is 0 Å². The first-order valence-corrected chi connectivity index (χ1v) is 8.34. The molecular formula is C18H27ClN2O2. The maximum Gasteiger partial charge on any atom is 0.237 e. The summed E-state index contributed by atoms with van der Waals surface area (Å²) in [4.78, 5) is 12.4. The third-order valence-electron chi connectivity index (χ3n) is 5.34. The summed E-state index contributed by atoms with van der Waals surface area (Å²) < 4.78 is 0. The molecule has 3 unspecified atom stereocenters. The average molecular weight is 339 g/mol. The highest BCUT2D eigenvalue weighted by Crippen LogP contribution is 2.35. The van der Waals surface area contributed by atoms with Crippen molar-refractivity contribution in [2.45, 2.75) is 57.7 Å². The fraction of sp³-hybridized carbons (Fsp3) is 0.611. The lowest BCUT2D eigenvalue weighted by Crippen LogP contribution is -2.52. The van der Waals surface area contributed by atoms with Gasteiger partial charge in [0, 0.05) is 18.5 Å². The van der Waals surface area contributed by atoms with Gasteiger partial charge in [-0.15, -0.1) is 12.4 Å². The van der Waals surface area contributed by atoms with Crippen LogP contribution in [0, 0.1) is 5.41 Å². The Kier molecular flexibility index (Phi) is 6.06. The normalized spacial score (nSPS) is 30.0. The molecule has 5 heteroatoms. The van der Waals surface area contributed by atoms with E-state index >= 15 is 0 Å². The lowest BCUT2D eigenvalue weighted by Gasteiger charge is -2.39. The van der Waals surface area contributed by atoms with Gasteiger partial charge in [0.25, 0.3) is 0 Å². The second-order valence-electron chi connectivity index (χ2n) is 7.04. The van der Waals surface area contributed by atoms with Crippen LogP contribution in [-0.2, 0) is 17.8 Å². The summed E-state index contributed by atoms with van der Waals surface area (Å²) in [6.07, 6.45) is 4.49. The van der Waals surface area contributed by atoms with Gasteiger partial charge in [0.2, 0.25) is 5.91 Å². The van der Waals surface area contributed by atoms with Crippen molar-refractivity contribution in [3.63, 3.8) is 0 Å². The summed E-state index contributed by atoms with van der Waals surface area (Å²) in [5, 5.41) is 16.6. The molecule has 3 rings (SSSR count). The molecule has 0 spiro atoms. The fourth-order valence-corrected chi connectivity index (χ4v) is 3.64. The number of hydrogen-bond donors (Lipinski definition) is 3. The molecule has 3 N–H and O–H groups in total. The molecule has 3 atom stereocenters. The van der Waals surface area contributed by atoms with Crippen molar-refractivity contribution in [2.24, 2.45) is 5.41 Å². The van der Waals surface area contributed by atoms with Crippen LogP contribution in [-0.4, -0.2) is 29.7 Å². The molecule has 1 amide bonds. The number of halogens is 1. The zero-order valence-electron chi connectivity index (χ0n) is 13.7. The van der Waals surface area contributed by atoms with Crippen molar-refractivity contribution in [3.05, 3.63) is 35.4 Å². The van der Waals surface area contributed by atoms with Crippen LogP contribution in [0.15, 0.2) is 24.3 Å². The lowest BCUT2D eigenvalue weighted by molar-refractivity contribution is -0.124. The molecule has 2 aliphatic rings. The minimum absolute atomic E-state index is 0. The first-order chi connectivity index (χ1) is 10.6. The average Bonchev–Trinajstić information content (AvgIpc) is 2.55. The molecule has 1 aromatic carbocycles. The summed E-state index contributed by atoms with van der Waals surface area (Å²) in [7, 11) is 0. The molecule has 1 heterocycles. The maximum atomic E-state index is 12.4. The van der Waals surface area contributed by atoms with E-state index in [4.69, 9.17) is 0 Å². The number of carbonyl (C=O) groups excluding carboxylic acids is 1. The standard InChI is InChI=1S/C18H26N2O2.ClH/c1-18(9-5-4-8-16(18)21)12-20-17(22)15-10-13-6-2-3-7-14(13)11-19-15;/h2-3,6-7,15-16,19,21H,4-5,8-12H2,1H3,(H,20,22);1H. The quantitative estimate of drug-likeness (QED) is 0.791. The van der Waals surface area contributed by atoms with Crippen LogP contribution in [0.2, 0.25) is 0 Å². The molecule has 1 aromatic rings. The Morgan fingerprint density at radius 2 is 2.09 bits per heavy atom. The predicted octanol–water partition coefficient (Wildman–Crippen LogP) is 2.18. The molecule has 0 radical (unpaired) electrons. The van der Waals surface area contributed by atoms with E-state index in [-0.39, 0.29) is 35.9 Å². The van der Waals surface area contributed by atoms with E-state index in [0.717, 1.165) is 38.6 Å². The third kappa shape index (κ3) is 4.06. The van der Waals surface area contributed by atoms with Crippen LogP contribution < -0.4 is 10.6 Å². The summed E-state index contributed by atoms with van der Waals surface area (Å²) in [6, 6.07) is 8.10. The Bertz CT molecular complexity index is 552. The van der Waals surface area contributed by atoms with Crippen LogP contribution in [0.3, 0.4) is 0 Å². The monoisotopic (exact) mass is 338 g/mol. The predicted molar refractivity (Wildman–Crippen MR) is 93.6 cm³/mol. The second-order valence-corrected chi connectivity index (χ2v) is 7.04. The number of carbonyl (C=O) groups is 1. The van der Waals surface area contributed by atoms with E-state index in [1.165, 1.54) is 11.1 Å². The highest BCUT2D eigenvalue weighted by Gasteiger charge is 2.36. The Morgan fingerprint density at radius 3 is 2.83 bits per heavy atom. The van der Waals surface area contributed by atoms with Crippen molar-refractivity contribution in [2.75, 3.05) is 6.54 Å². The smallest absolute Gasteiger partial charge is 0.237 e. The number of hydrogen-bond acceptors (Lipinski definition) is 3. The van der Waals surface area contributed by atoms with Crippen molar-refractivity contribution >= 4 is 18.3 Å². The van der Waals surface area contributed by atoms with Crippen LogP contribution in [0.1, 0.15) is 43.7 Å². The molecule has 23 heavy (non-hydrogen) atoms. The maximum absolute atomic E-state index is 12.4. The van der Waals surface area contributed by atoms with Gasteiger partial charge in [-0.05, 0) is 30.4 Å². The molecule has 0 saturated heterocycles. The molecule has 1 fully saturated rings. The zero-order chi connectivity index (χ0) is 15.6. The fourth-order valence-electron chi connectivity index (χ4n) is 3.64. The van der Waals surface area contributed by atoms with Crippen molar-refractivity contribution in [3.8, 4) is 0 Å². The molecule has 4 nitrogen and oxygen atoms in total. The minimum atomic E-state index is -0.304. The van der Waals surface area contributed by atoms with E-state index in [2.05, 4.69) is 29.7 Å². The molecule has 0 bridgehead atoms. The Hall–Kier alpha value is -1.10. The number of rotatable bonds is 3. The number of nitrogens with one attached hydrogen (secondary N) is 2. The summed E-state index contributed by atoms with van der Waals surface area (Å²) in [5.74, 6) is 0.0495. The summed E-state index contributed by atoms with van der Waals surface area (Å²) in [5.41, 5.74) is 2.35. The van der Waals surface area contributed by atoms with E-state index in [1.807, 2.05) is 12.1 Å². The largest absolute Gasteiger partial charge is 0.392 e. The number of benzene rings is 1. The van der Waals surface area contributed by atoms with Crippen LogP contribution in [0.4, 0.5) is 0 Å². The van der Waals surface area contributed by atoms with Gasteiger partial charge in [-0.1, -0.05) is 44.0 Å². The summed E-state index contributed by atoms with van der Waals surface area (Å²) in [6.45, 7) is 3.39. The van der Waals surface area contributed by atoms with Crippen LogP contribution >= 0.6 is 12.4 Å². The van der Waals surface area contributed by atoms with Crippen LogP contribution in [0.5, 0.6) is 0 Å². The highest BCUT2D eigenvalue weighted by atomic mass is 35.5. The number of aliphatic hydroxyl groups is 1. The zero-order valence-corrected chi connectivity index (χ0v) is 14.5. The topological polar surface area (TPSA) is 61.4 Å². The van der Waals surface area contributed by atoms with Gasteiger partial charge in [0.15, 0.2) is 0 Å². The van der Waals surface area contributed by atoms with Gasteiger partial charge in [-0.3, -0.25) is 4.79 Å². The van der Waals surface area contributed by atoms with Gasteiger partial charge in [-0.2, -0.15) is 0 Å². The number of fused-ring (bicyclic) bond motifs is 1. The van der Waals surface area contributed by atoms with Crippen molar-refractivity contribution < 1.29 is 9.90 Å². The Labute approximate surface area is 144 Å². The molecular weight excluding hydrogens is 312 g/mol. The van der Waals surface area contributed by atoms with E-state index in [1.54, 1.807) is 0 Å². The second kappa shape index (κ2) is 7.65. The Morgan fingerprint density at radius 1 is 1.35 bits per heavy atom. The number of aliphatic hydroxyl groups excluding tert-OH is 1. The Balaban J connectivity index is 0.00000192. The van der Waals surface area contributed by atoms with E-state index in [9.17, 15) is 9.90 Å². The highest BCUT2D eigenvalue weighted by molar-refractivity contribution is 5.85. The van der Waals surface area contributed by atoms with E-state index < -0.39 is 0 Å². The van der Waals surface area contributed by atoms with Crippen molar-refractivity contribution in [1.82, 2.24) is 10.6 Å². The molecule has 1 saturated carbocycles. The van der Waals surface area contributed by atoms with Gasteiger partial charge < -0.3 is 15.7 Å². The number of amides is 1. The minimum Gasteiger partial charge on any atom is -0.392 e. The van der Waals surface area contributed by atoms with Gasteiger partial charge in [0.1, 0.15) is 0 Å². The molecule has 0 aromatic heterocycles. The molecule has 1 aliphatic carbocycles. The SMILES string of the molecule is CC1(CNC(=O)C2Cc3ccccc3CN2)CCCCC1O.Cl. The first-order valence-electron chi connectivity index (χ1n) is 8.34.